The molecule has 0 spiro atoms. The Kier molecular flexibility index (Phi) is 14.7. The number of unbranched alkanes of at least 4 members (excludes halogenated alkanes) is 12. The Morgan fingerprint density at radius 3 is 1.89 bits per heavy atom. The van der Waals surface area contributed by atoms with Crippen LogP contribution >= 0.6 is 0 Å². The topological polar surface area (TPSA) is 9.23 Å². The molecule has 0 heterocycles. The van der Waals surface area contributed by atoms with Crippen LogP contribution in [0.5, 0.6) is 5.75 Å². The first kappa shape index (κ1) is 23.7. The van der Waals surface area contributed by atoms with E-state index in [4.69, 9.17) is 4.74 Å². The summed E-state index contributed by atoms with van der Waals surface area (Å²) in [6.45, 7) is 2.75. The monoisotopic (exact) mass is 380 g/mol. The molecule has 0 saturated carbocycles. The second-order valence-corrected chi connectivity index (χ2v) is 7.36. The molecular formula is C24H38F2O. The fourth-order valence-electron chi connectivity index (χ4n) is 3.12. The van der Waals surface area contributed by atoms with Gasteiger partial charge in [0, 0.05) is 6.07 Å². The average Bonchev–Trinajstić information content (AvgIpc) is 2.65. The van der Waals surface area contributed by atoms with Crippen LogP contribution < -0.4 is 4.74 Å². The first-order valence-electron chi connectivity index (χ1n) is 11.0. The van der Waals surface area contributed by atoms with Crippen LogP contribution in [0.4, 0.5) is 8.78 Å². The molecule has 0 fully saturated rings. The molecular weight excluding hydrogens is 342 g/mol. The van der Waals surface area contributed by atoms with Crippen molar-refractivity contribution in [3.8, 4) is 5.75 Å². The minimum Gasteiger partial charge on any atom is -0.491 e. The highest BCUT2D eigenvalue weighted by Gasteiger charge is 2.04. The minimum atomic E-state index is -0.625. The van der Waals surface area contributed by atoms with Gasteiger partial charge in [0.15, 0.2) is 11.6 Å². The summed E-state index contributed by atoms with van der Waals surface area (Å²) >= 11 is 0. The van der Waals surface area contributed by atoms with Gasteiger partial charge < -0.3 is 4.74 Å². The fourth-order valence-corrected chi connectivity index (χ4v) is 3.12. The van der Waals surface area contributed by atoms with Crippen molar-refractivity contribution in [2.24, 2.45) is 0 Å². The van der Waals surface area contributed by atoms with Gasteiger partial charge >= 0.3 is 0 Å². The number of halogens is 2. The molecule has 0 bridgehead atoms. The van der Waals surface area contributed by atoms with Crippen molar-refractivity contribution in [1.82, 2.24) is 0 Å². The Morgan fingerprint density at radius 2 is 1.30 bits per heavy atom. The van der Waals surface area contributed by atoms with Crippen LogP contribution in [0.3, 0.4) is 0 Å². The van der Waals surface area contributed by atoms with E-state index in [1.54, 1.807) is 0 Å². The number of rotatable bonds is 17. The van der Waals surface area contributed by atoms with Crippen LogP contribution in [0.1, 0.15) is 96.8 Å². The lowest BCUT2D eigenvalue weighted by Gasteiger charge is -2.07. The quantitative estimate of drug-likeness (QED) is 0.195. The highest BCUT2D eigenvalue weighted by molar-refractivity contribution is 5.24. The van der Waals surface area contributed by atoms with Gasteiger partial charge in [0.1, 0.15) is 5.82 Å². The minimum absolute atomic E-state index is 0.143. The van der Waals surface area contributed by atoms with E-state index in [0.29, 0.717) is 6.61 Å². The molecule has 1 aromatic rings. The lowest BCUT2D eigenvalue weighted by atomic mass is 10.1. The van der Waals surface area contributed by atoms with Gasteiger partial charge in [0.2, 0.25) is 0 Å². The van der Waals surface area contributed by atoms with Gasteiger partial charge in [0.05, 0.1) is 6.61 Å². The van der Waals surface area contributed by atoms with Gasteiger partial charge in [-0.25, -0.2) is 8.78 Å². The maximum atomic E-state index is 13.4. The van der Waals surface area contributed by atoms with E-state index in [0.717, 1.165) is 18.9 Å². The molecule has 0 amide bonds. The number of hydrogen-bond acceptors (Lipinski definition) is 1. The third-order valence-corrected chi connectivity index (χ3v) is 4.81. The van der Waals surface area contributed by atoms with Crippen molar-refractivity contribution in [2.75, 3.05) is 6.61 Å². The lowest BCUT2D eigenvalue weighted by molar-refractivity contribution is 0.289. The first-order valence-corrected chi connectivity index (χ1v) is 11.0. The second-order valence-electron chi connectivity index (χ2n) is 7.36. The van der Waals surface area contributed by atoms with Gasteiger partial charge in [0.25, 0.3) is 0 Å². The molecule has 0 aliphatic heterocycles. The second kappa shape index (κ2) is 16.8. The standard InChI is InChI=1S/C24H38F2O/c1-2-3-4-5-6-7-8-9-10-11-12-13-14-15-16-17-20-27-24-19-18-22(25)21-23(24)26/h9-10,18-19,21H,2-8,11-17,20H2,1H3. The van der Waals surface area contributed by atoms with E-state index in [2.05, 4.69) is 19.1 Å². The molecule has 0 atom stereocenters. The lowest BCUT2D eigenvalue weighted by Crippen LogP contribution is -1.99. The van der Waals surface area contributed by atoms with Crippen LogP contribution in [0.25, 0.3) is 0 Å². The van der Waals surface area contributed by atoms with Crippen molar-refractivity contribution < 1.29 is 13.5 Å². The third kappa shape index (κ3) is 13.4. The van der Waals surface area contributed by atoms with Crippen molar-refractivity contribution in [3.63, 3.8) is 0 Å². The summed E-state index contributed by atoms with van der Waals surface area (Å²) in [7, 11) is 0. The molecule has 1 nitrogen and oxygen atoms in total. The number of benzene rings is 1. The average molecular weight is 381 g/mol. The summed E-state index contributed by atoms with van der Waals surface area (Å²) in [4.78, 5) is 0. The zero-order valence-corrected chi connectivity index (χ0v) is 17.2. The Balaban J connectivity index is 1.83. The van der Waals surface area contributed by atoms with E-state index in [9.17, 15) is 8.78 Å². The molecule has 0 saturated heterocycles. The van der Waals surface area contributed by atoms with Crippen molar-refractivity contribution >= 4 is 0 Å². The normalized spacial score (nSPS) is 11.4. The summed E-state index contributed by atoms with van der Waals surface area (Å²) in [6.07, 6.45) is 22.3. The molecule has 3 heteroatoms. The predicted octanol–water partition coefficient (Wildman–Crippen LogP) is 8.38. The molecule has 27 heavy (non-hydrogen) atoms. The molecule has 0 aliphatic carbocycles. The summed E-state index contributed by atoms with van der Waals surface area (Å²) in [5.74, 6) is -1.05. The smallest absolute Gasteiger partial charge is 0.167 e. The molecule has 154 valence electrons. The van der Waals surface area contributed by atoms with Crippen LogP contribution in [0, 0.1) is 11.6 Å². The Hall–Kier alpha value is -1.38. The molecule has 0 N–H and O–H groups in total. The van der Waals surface area contributed by atoms with Gasteiger partial charge in [-0.15, -0.1) is 0 Å². The van der Waals surface area contributed by atoms with Crippen molar-refractivity contribution in [2.45, 2.75) is 96.8 Å². The van der Waals surface area contributed by atoms with Crippen LogP contribution in [0.2, 0.25) is 0 Å². The first-order chi connectivity index (χ1) is 13.2. The van der Waals surface area contributed by atoms with Crippen LogP contribution in [-0.2, 0) is 0 Å². The van der Waals surface area contributed by atoms with Gasteiger partial charge in [-0.1, -0.05) is 76.9 Å². The maximum Gasteiger partial charge on any atom is 0.167 e. The summed E-state index contributed by atoms with van der Waals surface area (Å²) in [6, 6.07) is 3.43. The molecule has 0 aliphatic rings. The zero-order valence-electron chi connectivity index (χ0n) is 17.2. The molecule has 1 rings (SSSR count). The zero-order chi connectivity index (χ0) is 19.6. The van der Waals surface area contributed by atoms with Crippen LogP contribution in [-0.4, -0.2) is 6.61 Å². The van der Waals surface area contributed by atoms with Gasteiger partial charge in [-0.05, 0) is 44.2 Å². The summed E-state index contributed by atoms with van der Waals surface area (Å²) in [5, 5.41) is 0. The van der Waals surface area contributed by atoms with Gasteiger partial charge in [-0.2, -0.15) is 0 Å². The number of hydrogen-bond donors (Lipinski definition) is 0. The Labute approximate surface area is 165 Å². The molecule has 0 unspecified atom stereocenters. The van der Waals surface area contributed by atoms with Crippen LogP contribution in [0.15, 0.2) is 30.4 Å². The highest BCUT2D eigenvalue weighted by Crippen LogP contribution is 2.18. The predicted molar refractivity (Wildman–Crippen MR) is 111 cm³/mol. The number of ether oxygens (including phenoxy) is 1. The van der Waals surface area contributed by atoms with Crippen molar-refractivity contribution in [3.05, 3.63) is 42.0 Å². The van der Waals surface area contributed by atoms with E-state index in [1.165, 1.54) is 89.2 Å². The molecule has 0 radical (unpaired) electrons. The Morgan fingerprint density at radius 1 is 0.741 bits per heavy atom. The number of allylic oxidation sites excluding steroid dienone is 2. The Bertz CT molecular complexity index is 499. The van der Waals surface area contributed by atoms with Gasteiger partial charge in [-0.3, -0.25) is 0 Å². The molecule has 0 aromatic heterocycles. The van der Waals surface area contributed by atoms with E-state index in [-0.39, 0.29) is 5.75 Å². The molecule has 1 aromatic carbocycles. The van der Waals surface area contributed by atoms with E-state index < -0.39 is 11.6 Å². The third-order valence-electron chi connectivity index (χ3n) is 4.81. The summed E-state index contributed by atoms with van der Waals surface area (Å²) in [5.41, 5.74) is 0. The SMILES string of the molecule is CCCCCCCCC=CCCCCCCCCOc1ccc(F)cc1F. The van der Waals surface area contributed by atoms with Crippen molar-refractivity contribution in [1.29, 1.82) is 0 Å². The fraction of sp³-hybridized carbons (Fsp3) is 0.667. The van der Waals surface area contributed by atoms with E-state index in [1.807, 2.05) is 0 Å². The summed E-state index contributed by atoms with van der Waals surface area (Å²) < 4.78 is 31.5. The highest BCUT2D eigenvalue weighted by atomic mass is 19.1. The van der Waals surface area contributed by atoms with E-state index >= 15 is 0 Å². The largest absolute Gasteiger partial charge is 0.491 e. The maximum absolute atomic E-state index is 13.4.